The fourth-order valence-electron chi connectivity index (χ4n) is 2.72. The van der Waals surface area contributed by atoms with Crippen molar-refractivity contribution >= 4 is 17.2 Å². The Morgan fingerprint density at radius 2 is 2.09 bits per heavy atom. The van der Waals surface area contributed by atoms with Gasteiger partial charge in [-0.1, -0.05) is 0 Å². The molecule has 122 valence electrons. The predicted molar refractivity (Wildman–Crippen MR) is 92.1 cm³/mol. The van der Waals surface area contributed by atoms with Gasteiger partial charge in [0.1, 0.15) is 15.6 Å². The number of thiazole rings is 1. The van der Waals surface area contributed by atoms with Crippen LogP contribution in [0, 0.1) is 0 Å². The fraction of sp³-hybridized carbons (Fsp3) is 0.412. The molecule has 23 heavy (non-hydrogen) atoms. The second-order valence-electron chi connectivity index (χ2n) is 5.74. The highest BCUT2D eigenvalue weighted by atomic mass is 32.1. The van der Waals surface area contributed by atoms with Gasteiger partial charge in [-0.05, 0) is 38.1 Å². The molecule has 0 aliphatic carbocycles. The number of carbonyl (C=O) groups is 1. The zero-order valence-corrected chi connectivity index (χ0v) is 14.4. The summed E-state index contributed by atoms with van der Waals surface area (Å²) in [7, 11) is 1.64. The lowest BCUT2D eigenvalue weighted by molar-refractivity contribution is 0.0607. The van der Waals surface area contributed by atoms with E-state index in [1.807, 2.05) is 29.2 Å². The number of ether oxygens (including phenoxy) is 1. The van der Waals surface area contributed by atoms with Gasteiger partial charge in [0.15, 0.2) is 0 Å². The summed E-state index contributed by atoms with van der Waals surface area (Å²) >= 11 is 1.44. The van der Waals surface area contributed by atoms with Gasteiger partial charge in [0, 0.05) is 30.7 Å². The molecule has 2 heterocycles. The minimum atomic E-state index is 0.0723. The number of methoxy groups -OCH3 is 1. The van der Waals surface area contributed by atoms with Gasteiger partial charge in [0.25, 0.3) is 5.91 Å². The van der Waals surface area contributed by atoms with E-state index in [1.165, 1.54) is 11.3 Å². The van der Waals surface area contributed by atoms with E-state index in [0.717, 1.165) is 29.4 Å². The highest BCUT2D eigenvalue weighted by molar-refractivity contribution is 7.16. The summed E-state index contributed by atoms with van der Waals surface area (Å²) in [6.45, 7) is 5.77. The van der Waals surface area contributed by atoms with E-state index < -0.39 is 0 Å². The molecule has 0 radical (unpaired) electrons. The first-order valence-electron chi connectivity index (χ1n) is 7.74. The van der Waals surface area contributed by atoms with Crippen molar-refractivity contribution in [3.05, 3.63) is 35.3 Å². The number of piperazine rings is 1. The topological polar surface area (TPSA) is 54.5 Å². The molecule has 1 N–H and O–H groups in total. The summed E-state index contributed by atoms with van der Waals surface area (Å²) in [4.78, 5) is 19.8. The molecule has 6 heteroatoms. The molecule has 5 nitrogen and oxygen atoms in total. The molecular formula is C17H21N3O2S. The Morgan fingerprint density at radius 1 is 1.35 bits per heavy atom. The van der Waals surface area contributed by atoms with Crippen LogP contribution in [-0.2, 0) is 0 Å². The van der Waals surface area contributed by atoms with Crippen LogP contribution in [0.25, 0.3) is 10.6 Å². The average molecular weight is 331 g/mol. The molecule has 1 saturated heterocycles. The Bertz CT molecular complexity index is 683. The SMILES string of the molecule is COc1ccc(-c2ncc(C(=O)N3CCNC(C)C3C)s2)cc1. The summed E-state index contributed by atoms with van der Waals surface area (Å²) < 4.78 is 5.17. The molecule has 2 aromatic rings. The normalized spacial score (nSPS) is 21.3. The summed E-state index contributed by atoms with van der Waals surface area (Å²) in [6.07, 6.45) is 1.69. The van der Waals surface area contributed by atoms with Gasteiger partial charge >= 0.3 is 0 Å². The molecule has 1 aliphatic heterocycles. The molecular weight excluding hydrogens is 310 g/mol. The van der Waals surface area contributed by atoms with Crippen molar-refractivity contribution in [1.29, 1.82) is 0 Å². The third-order valence-corrected chi connectivity index (χ3v) is 5.38. The van der Waals surface area contributed by atoms with Crippen molar-refractivity contribution in [2.45, 2.75) is 25.9 Å². The molecule has 0 bridgehead atoms. The number of carbonyl (C=O) groups excluding carboxylic acids is 1. The molecule has 2 atom stereocenters. The van der Waals surface area contributed by atoms with Crippen LogP contribution in [0.15, 0.2) is 30.5 Å². The zero-order valence-electron chi connectivity index (χ0n) is 13.6. The van der Waals surface area contributed by atoms with Gasteiger partial charge in [-0.15, -0.1) is 11.3 Å². The van der Waals surface area contributed by atoms with E-state index in [-0.39, 0.29) is 11.9 Å². The summed E-state index contributed by atoms with van der Waals surface area (Å²) in [6, 6.07) is 8.21. The minimum absolute atomic E-state index is 0.0723. The largest absolute Gasteiger partial charge is 0.497 e. The third-order valence-electron chi connectivity index (χ3n) is 4.35. The van der Waals surface area contributed by atoms with Gasteiger partial charge in [0.2, 0.25) is 0 Å². The highest BCUT2D eigenvalue weighted by Gasteiger charge is 2.29. The second kappa shape index (κ2) is 6.68. The van der Waals surface area contributed by atoms with Crippen LogP contribution in [0.4, 0.5) is 0 Å². The third kappa shape index (κ3) is 3.23. The van der Waals surface area contributed by atoms with Crippen LogP contribution >= 0.6 is 11.3 Å². The first-order chi connectivity index (χ1) is 11.1. The molecule has 2 unspecified atom stereocenters. The summed E-state index contributed by atoms with van der Waals surface area (Å²) in [5.74, 6) is 0.883. The quantitative estimate of drug-likeness (QED) is 0.939. The molecule has 3 rings (SSSR count). The second-order valence-corrected chi connectivity index (χ2v) is 6.77. The smallest absolute Gasteiger partial charge is 0.265 e. The zero-order chi connectivity index (χ0) is 16.4. The van der Waals surface area contributed by atoms with Crippen molar-refractivity contribution in [3.63, 3.8) is 0 Å². The van der Waals surface area contributed by atoms with Gasteiger partial charge < -0.3 is 15.0 Å². The lowest BCUT2D eigenvalue weighted by atomic mass is 10.1. The molecule has 1 aromatic heterocycles. The van der Waals surface area contributed by atoms with E-state index in [4.69, 9.17) is 4.74 Å². The van der Waals surface area contributed by atoms with Crippen LogP contribution in [0.5, 0.6) is 5.75 Å². The molecule has 1 aromatic carbocycles. The van der Waals surface area contributed by atoms with E-state index in [2.05, 4.69) is 24.1 Å². The van der Waals surface area contributed by atoms with E-state index >= 15 is 0 Å². The maximum absolute atomic E-state index is 12.7. The minimum Gasteiger partial charge on any atom is -0.497 e. The maximum atomic E-state index is 12.7. The standard InChI is InChI=1S/C17H21N3O2S/c1-11-12(2)20(9-8-18-11)17(21)15-10-19-16(23-15)13-4-6-14(22-3)7-5-13/h4-7,10-12,18H,8-9H2,1-3H3. The van der Waals surface area contributed by atoms with Crippen LogP contribution in [0.1, 0.15) is 23.5 Å². The Hall–Kier alpha value is -1.92. The van der Waals surface area contributed by atoms with Crippen LogP contribution < -0.4 is 10.1 Å². The van der Waals surface area contributed by atoms with Crippen LogP contribution in [0.3, 0.4) is 0 Å². The monoisotopic (exact) mass is 331 g/mol. The van der Waals surface area contributed by atoms with Crippen molar-refractivity contribution < 1.29 is 9.53 Å². The first kappa shape index (κ1) is 16.0. The number of amides is 1. The van der Waals surface area contributed by atoms with E-state index in [9.17, 15) is 4.79 Å². The summed E-state index contributed by atoms with van der Waals surface area (Å²) in [5, 5.41) is 4.25. The van der Waals surface area contributed by atoms with Gasteiger partial charge in [-0.2, -0.15) is 0 Å². The number of hydrogen-bond donors (Lipinski definition) is 1. The van der Waals surface area contributed by atoms with Crippen LogP contribution in [-0.4, -0.2) is 48.1 Å². The summed E-state index contributed by atoms with van der Waals surface area (Å²) in [5.41, 5.74) is 0.997. The van der Waals surface area contributed by atoms with Crippen molar-refractivity contribution in [2.24, 2.45) is 0 Å². The highest BCUT2D eigenvalue weighted by Crippen LogP contribution is 2.28. The van der Waals surface area contributed by atoms with Crippen LogP contribution in [0.2, 0.25) is 0 Å². The Balaban J connectivity index is 1.79. The number of nitrogens with zero attached hydrogens (tertiary/aromatic N) is 2. The number of hydrogen-bond acceptors (Lipinski definition) is 5. The lowest BCUT2D eigenvalue weighted by Gasteiger charge is -2.38. The Morgan fingerprint density at radius 3 is 2.78 bits per heavy atom. The maximum Gasteiger partial charge on any atom is 0.265 e. The number of nitrogens with one attached hydrogen (secondary N) is 1. The van der Waals surface area contributed by atoms with Gasteiger partial charge in [-0.3, -0.25) is 4.79 Å². The number of benzene rings is 1. The van der Waals surface area contributed by atoms with E-state index in [1.54, 1.807) is 13.3 Å². The lowest BCUT2D eigenvalue weighted by Crippen LogP contribution is -2.57. The van der Waals surface area contributed by atoms with Crippen molar-refractivity contribution in [1.82, 2.24) is 15.2 Å². The van der Waals surface area contributed by atoms with Gasteiger partial charge in [-0.25, -0.2) is 4.98 Å². The Labute approximate surface area is 140 Å². The molecule has 0 spiro atoms. The number of aromatic nitrogens is 1. The molecule has 1 fully saturated rings. The van der Waals surface area contributed by atoms with Gasteiger partial charge in [0.05, 0.1) is 13.3 Å². The molecule has 1 aliphatic rings. The molecule has 1 amide bonds. The number of rotatable bonds is 3. The fourth-order valence-corrected chi connectivity index (χ4v) is 3.60. The Kier molecular flexibility index (Phi) is 4.63. The van der Waals surface area contributed by atoms with E-state index in [0.29, 0.717) is 10.9 Å². The molecule has 0 saturated carbocycles. The van der Waals surface area contributed by atoms with Crippen molar-refractivity contribution in [3.8, 4) is 16.3 Å². The first-order valence-corrected chi connectivity index (χ1v) is 8.56. The predicted octanol–water partition coefficient (Wildman–Crippen LogP) is 2.64. The van der Waals surface area contributed by atoms with Crippen molar-refractivity contribution in [2.75, 3.05) is 20.2 Å². The average Bonchev–Trinajstić information content (AvgIpc) is 3.07.